The molecule has 0 aliphatic rings. The van der Waals surface area contributed by atoms with Gasteiger partial charge in [0.05, 0.1) is 0 Å². The van der Waals surface area contributed by atoms with Gasteiger partial charge in [-0.05, 0) is 37.0 Å². The normalized spacial score (nSPS) is 12.5. The van der Waals surface area contributed by atoms with Crippen LogP contribution in [0.15, 0.2) is 84.9 Å². The molecule has 0 fully saturated rings. The lowest BCUT2D eigenvalue weighted by Crippen LogP contribution is -2.52. The van der Waals surface area contributed by atoms with E-state index in [9.17, 15) is 9.59 Å². The van der Waals surface area contributed by atoms with Crippen LogP contribution in [0.2, 0.25) is 0 Å². The molecule has 2 unspecified atom stereocenters. The predicted octanol–water partition coefficient (Wildman–Crippen LogP) is 6.17. The van der Waals surface area contributed by atoms with Crippen molar-refractivity contribution in [2.75, 3.05) is 5.75 Å². The number of hydrogen-bond donors (Lipinski definition) is 1. The summed E-state index contributed by atoms with van der Waals surface area (Å²) in [6.07, 6.45) is 1.72. The van der Waals surface area contributed by atoms with Gasteiger partial charge in [-0.3, -0.25) is 9.59 Å². The molecule has 1 N–H and O–H groups in total. The maximum Gasteiger partial charge on any atom is 0.243 e. The molecule has 0 aromatic heterocycles. The lowest BCUT2D eigenvalue weighted by atomic mass is 10.0. The van der Waals surface area contributed by atoms with Gasteiger partial charge < -0.3 is 10.2 Å². The van der Waals surface area contributed by atoms with E-state index >= 15 is 0 Å². The molecule has 3 aromatic carbocycles. The van der Waals surface area contributed by atoms with Gasteiger partial charge in [0.25, 0.3) is 0 Å². The van der Waals surface area contributed by atoms with Gasteiger partial charge in [0.2, 0.25) is 11.8 Å². The second-order valence-corrected chi connectivity index (χ2v) is 10.4. The molecule has 0 aliphatic heterocycles. The fourth-order valence-electron chi connectivity index (χ4n) is 4.07. The summed E-state index contributed by atoms with van der Waals surface area (Å²) in [7, 11) is 0. The summed E-state index contributed by atoms with van der Waals surface area (Å²) in [6.45, 7) is 6.52. The molecule has 3 rings (SSSR count). The summed E-state index contributed by atoms with van der Waals surface area (Å²) >= 11 is 1.75. The fraction of sp³-hybridized carbons (Fsp3) is 0.355. The van der Waals surface area contributed by atoms with Crippen molar-refractivity contribution >= 4 is 23.6 Å². The third-order valence-corrected chi connectivity index (χ3v) is 7.31. The lowest BCUT2D eigenvalue weighted by Gasteiger charge is -2.32. The average Bonchev–Trinajstić information content (AvgIpc) is 2.89. The second kappa shape index (κ2) is 14.5. The number of nitrogens with one attached hydrogen (secondary N) is 1. The molecule has 0 heterocycles. The first-order chi connectivity index (χ1) is 17.5. The summed E-state index contributed by atoms with van der Waals surface area (Å²) in [5.74, 6) is 1.50. The van der Waals surface area contributed by atoms with Crippen LogP contribution in [0.3, 0.4) is 0 Å². The molecule has 0 radical (unpaired) electrons. The SMILES string of the molecule is CCC(C)NC(=O)C(Cc1ccccc1)N(Cc1cccc(C)c1)C(=O)CCSCc1ccccc1. The highest BCUT2D eigenvalue weighted by atomic mass is 32.2. The first-order valence-corrected chi connectivity index (χ1v) is 13.9. The van der Waals surface area contributed by atoms with Crippen LogP contribution in [0.4, 0.5) is 0 Å². The summed E-state index contributed by atoms with van der Waals surface area (Å²) in [5, 5.41) is 3.13. The average molecular weight is 503 g/mol. The molecule has 0 spiro atoms. The Labute approximate surface area is 220 Å². The van der Waals surface area contributed by atoms with Crippen LogP contribution < -0.4 is 5.32 Å². The Bertz CT molecular complexity index is 1090. The van der Waals surface area contributed by atoms with Crippen LogP contribution in [-0.4, -0.2) is 34.6 Å². The molecule has 0 aliphatic carbocycles. The highest BCUT2D eigenvalue weighted by molar-refractivity contribution is 7.98. The van der Waals surface area contributed by atoms with Gasteiger partial charge in [-0.2, -0.15) is 11.8 Å². The molecule has 190 valence electrons. The number of thioether (sulfide) groups is 1. The van der Waals surface area contributed by atoms with E-state index in [0.717, 1.165) is 28.9 Å². The number of carbonyl (C=O) groups excluding carboxylic acids is 2. The van der Waals surface area contributed by atoms with E-state index in [1.807, 2.05) is 80.6 Å². The lowest BCUT2D eigenvalue weighted by molar-refractivity contribution is -0.141. The van der Waals surface area contributed by atoms with E-state index in [-0.39, 0.29) is 17.9 Å². The van der Waals surface area contributed by atoms with Crippen molar-refractivity contribution in [2.45, 2.75) is 64.4 Å². The number of hydrogen-bond acceptors (Lipinski definition) is 3. The number of nitrogens with zero attached hydrogens (tertiary/aromatic N) is 1. The van der Waals surface area contributed by atoms with Gasteiger partial charge >= 0.3 is 0 Å². The second-order valence-electron chi connectivity index (χ2n) is 9.32. The van der Waals surface area contributed by atoms with Crippen LogP contribution in [0.1, 0.15) is 48.9 Å². The largest absolute Gasteiger partial charge is 0.352 e. The first-order valence-electron chi connectivity index (χ1n) is 12.8. The molecule has 4 nitrogen and oxygen atoms in total. The van der Waals surface area contributed by atoms with Crippen LogP contribution in [-0.2, 0) is 28.3 Å². The number of amides is 2. The fourth-order valence-corrected chi connectivity index (χ4v) is 4.96. The molecule has 36 heavy (non-hydrogen) atoms. The molecule has 2 amide bonds. The minimum atomic E-state index is -0.575. The van der Waals surface area contributed by atoms with Crippen LogP contribution >= 0.6 is 11.8 Å². The van der Waals surface area contributed by atoms with Crippen molar-refractivity contribution in [3.63, 3.8) is 0 Å². The number of rotatable bonds is 13. The predicted molar refractivity (Wildman–Crippen MR) is 151 cm³/mol. The van der Waals surface area contributed by atoms with E-state index in [0.29, 0.717) is 25.1 Å². The van der Waals surface area contributed by atoms with Crippen molar-refractivity contribution in [1.82, 2.24) is 10.2 Å². The van der Waals surface area contributed by atoms with Crippen molar-refractivity contribution in [3.05, 3.63) is 107 Å². The zero-order valence-electron chi connectivity index (χ0n) is 21.7. The maximum absolute atomic E-state index is 13.7. The number of benzene rings is 3. The topological polar surface area (TPSA) is 49.4 Å². The third-order valence-electron chi connectivity index (χ3n) is 6.28. The van der Waals surface area contributed by atoms with Crippen LogP contribution in [0, 0.1) is 6.92 Å². The molecule has 5 heteroatoms. The number of carbonyl (C=O) groups is 2. The van der Waals surface area contributed by atoms with Crippen molar-refractivity contribution in [1.29, 1.82) is 0 Å². The van der Waals surface area contributed by atoms with Gasteiger partial charge in [0, 0.05) is 36.9 Å². The van der Waals surface area contributed by atoms with Gasteiger partial charge in [-0.15, -0.1) is 0 Å². The summed E-state index contributed by atoms with van der Waals surface area (Å²) in [4.78, 5) is 29.0. The highest BCUT2D eigenvalue weighted by Crippen LogP contribution is 2.19. The van der Waals surface area contributed by atoms with Gasteiger partial charge in [-0.25, -0.2) is 0 Å². The summed E-state index contributed by atoms with van der Waals surface area (Å²) in [6, 6.07) is 27.9. The quantitative estimate of drug-likeness (QED) is 0.284. The van der Waals surface area contributed by atoms with Crippen LogP contribution in [0.25, 0.3) is 0 Å². The van der Waals surface area contributed by atoms with E-state index in [1.165, 1.54) is 5.56 Å². The first kappa shape index (κ1) is 27.5. The Balaban J connectivity index is 1.80. The van der Waals surface area contributed by atoms with Gasteiger partial charge in [0.1, 0.15) is 6.04 Å². The zero-order valence-corrected chi connectivity index (χ0v) is 22.5. The smallest absolute Gasteiger partial charge is 0.243 e. The monoisotopic (exact) mass is 502 g/mol. The molecular formula is C31H38N2O2S. The molecule has 2 atom stereocenters. The Morgan fingerprint density at radius 2 is 1.53 bits per heavy atom. The van der Waals surface area contributed by atoms with E-state index < -0.39 is 6.04 Å². The molecule has 0 saturated heterocycles. The minimum absolute atomic E-state index is 0.0114. The molecular weight excluding hydrogens is 464 g/mol. The zero-order chi connectivity index (χ0) is 25.8. The Kier molecular flexibility index (Phi) is 11.1. The maximum atomic E-state index is 13.7. The highest BCUT2D eigenvalue weighted by Gasteiger charge is 2.30. The van der Waals surface area contributed by atoms with Crippen molar-refractivity contribution in [3.8, 4) is 0 Å². The van der Waals surface area contributed by atoms with Crippen molar-refractivity contribution < 1.29 is 9.59 Å². The third kappa shape index (κ3) is 8.87. The molecule has 0 bridgehead atoms. The van der Waals surface area contributed by atoms with E-state index in [4.69, 9.17) is 0 Å². The van der Waals surface area contributed by atoms with Gasteiger partial charge in [0.15, 0.2) is 0 Å². The molecule has 0 saturated carbocycles. The van der Waals surface area contributed by atoms with Crippen LogP contribution in [0.5, 0.6) is 0 Å². The van der Waals surface area contributed by atoms with Crippen molar-refractivity contribution in [2.24, 2.45) is 0 Å². The standard InChI is InChI=1S/C31H38N2O2S/c1-4-25(3)32-31(35)29(21-26-13-7-5-8-14-26)33(22-28-17-11-12-24(2)20-28)30(34)18-19-36-23-27-15-9-6-10-16-27/h5-17,20,25,29H,4,18-19,21-23H2,1-3H3,(H,32,35). The molecule has 3 aromatic rings. The summed E-state index contributed by atoms with van der Waals surface area (Å²) in [5.41, 5.74) is 4.47. The Morgan fingerprint density at radius 3 is 2.17 bits per heavy atom. The summed E-state index contributed by atoms with van der Waals surface area (Å²) < 4.78 is 0. The van der Waals surface area contributed by atoms with E-state index in [2.05, 4.69) is 30.4 Å². The van der Waals surface area contributed by atoms with E-state index in [1.54, 1.807) is 16.7 Å². The number of aryl methyl sites for hydroxylation is 1. The Hall–Kier alpha value is -3.05. The van der Waals surface area contributed by atoms with Gasteiger partial charge in [-0.1, -0.05) is 97.4 Å². The Morgan fingerprint density at radius 1 is 0.889 bits per heavy atom. The minimum Gasteiger partial charge on any atom is -0.352 e.